The highest BCUT2D eigenvalue weighted by atomic mass is 19.1. The standard InChI is InChI=1S/C23H24FN3O/c1-26-15-5-9-20(26)21-10-6-16-27(21)22(17-7-3-2-4-8-17)23(28)25-19-13-11-18(24)12-14-19/h2-5,7-9,11-15,21-22H,6,10,16H2,1H3,(H,25,28)/t21-,22+/m0/s1. The molecule has 1 aliphatic heterocycles. The number of nitrogens with one attached hydrogen (secondary N) is 1. The molecule has 1 aromatic heterocycles. The Morgan fingerprint density at radius 3 is 2.50 bits per heavy atom. The van der Waals surface area contributed by atoms with E-state index in [0.29, 0.717) is 5.69 Å². The van der Waals surface area contributed by atoms with Gasteiger partial charge in [-0.2, -0.15) is 0 Å². The van der Waals surface area contributed by atoms with Gasteiger partial charge in [-0.25, -0.2) is 4.39 Å². The molecule has 1 amide bonds. The van der Waals surface area contributed by atoms with E-state index in [1.165, 1.54) is 17.8 Å². The van der Waals surface area contributed by atoms with Crippen molar-refractivity contribution in [1.82, 2.24) is 9.47 Å². The molecule has 0 bridgehead atoms. The van der Waals surface area contributed by atoms with Crippen molar-refractivity contribution in [2.45, 2.75) is 24.9 Å². The van der Waals surface area contributed by atoms with Gasteiger partial charge >= 0.3 is 0 Å². The third-order valence-electron chi connectivity index (χ3n) is 5.43. The van der Waals surface area contributed by atoms with Crippen molar-refractivity contribution >= 4 is 11.6 Å². The highest BCUT2D eigenvalue weighted by Crippen LogP contribution is 2.39. The Hall–Kier alpha value is -2.92. The molecule has 0 aliphatic carbocycles. The summed E-state index contributed by atoms with van der Waals surface area (Å²) < 4.78 is 15.3. The summed E-state index contributed by atoms with van der Waals surface area (Å²) in [5.41, 5.74) is 2.78. The lowest BCUT2D eigenvalue weighted by atomic mass is 10.0. The van der Waals surface area contributed by atoms with Crippen molar-refractivity contribution in [3.8, 4) is 0 Å². The first kappa shape index (κ1) is 18.4. The van der Waals surface area contributed by atoms with Crippen LogP contribution in [0.15, 0.2) is 72.9 Å². The third-order valence-corrected chi connectivity index (χ3v) is 5.43. The molecule has 1 fully saturated rings. The van der Waals surface area contributed by atoms with E-state index in [4.69, 9.17) is 0 Å². The second kappa shape index (κ2) is 7.98. The van der Waals surface area contributed by atoms with Crippen LogP contribution in [0, 0.1) is 5.82 Å². The molecule has 1 aliphatic rings. The third kappa shape index (κ3) is 3.71. The number of hydrogen-bond donors (Lipinski definition) is 1. The Labute approximate surface area is 164 Å². The number of hydrogen-bond acceptors (Lipinski definition) is 2. The summed E-state index contributed by atoms with van der Waals surface area (Å²) >= 11 is 0. The zero-order valence-corrected chi connectivity index (χ0v) is 15.9. The van der Waals surface area contributed by atoms with Gasteiger partial charge in [-0.1, -0.05) is 30.3 Å². The Bertz CT molecular complexity index is 936. The summed E-state index contributed by atoms with van der Waals surface area (Å²) in [4.78, 5) is 15.6. The number of rotatable bonds is 5. The van der Waals surface area contributed by atoms with Gasteiger partial charge in [-0.05, 0) is 61.3 Å². The monoisotopic (exact) mass is 377 g/mol. The number of nitrogens with zero attached hydrogens (tertiary/aromatic N) is 2. The summed E-state index contributed by atoms with van der Waals surface area (Å²) in [6.45, 7) is 0.853. The van der Waals surface area contributed by atoms with E-state index >= 15 is 0 Å². The van der Waals surface area contributed by atoms with Gasteiger partial charge in [0.15, 0.2) is 0 Å². The maximum atomic E-state index is 13.3. The van der Waals surface area contributed by atoms with Gasteiger partial charge in [0.2, 0.25) is 5.91 Å². The van der Waals surface area contributed by atoms with Crippen LogP contribution in [-0.4, -0.2) is 21.9 Å². The fourth-order valence-corrected chi connectivity index (χ4v) is 4.11. The number of aryl methyl sites for hydroxylation is 1. The van der Waals surface area contributed by atoms with Crippen LogP contribution in [0.25, 0.3) is 0 Å². The second-order valence-corrected chi connectivity index (χ2v) is 7.25. The van der Waals surface area contributed by atoms with Gasteiger partial charge in [-0.3, -0.25) is 9.69 Å². The number of anilines is 1. The first-order valence-electron chi connectivity index (χ1n) is 9.62. The molecule has 2 heterocycles. The molecule has 2 atom stereocenters. The minimum Gasteiger partial charge on any atom is -0.353 e. The van der Waals surface area contributed by atoms with E-state index in [1.807, 2.05) is 49.6 Å². The lowest BCUT2D eigenvalue weighted by molar-refractivity contribution is -0.122. The Morgan fingerprint density at radius 2 is 1.82 bits per heavy atom. The molecule has 144 valence electrons. The summed E-state index contributed by atoms with van der Waals surface area (Å²) in [6, 6.07) is 19.7. The van der Waals surface area contributed by atoms with Gasteiger partial charge in [0, 0.05) is 24.6 Å². The Morgan fingerprint density at radius 1 is 1.07 bits per heavy atom. The van der Waals surface area contributed by atoms with Crippen molar-refractivity contribution < 1.29 is 9.18 Å². The minimum atomic E-state index is -0.409. The molecule has 1 saturated heterocycles. The Balaban J connectivity index is 1.66. The zero-order valence-electron chi connectivity index (χ0n) is 15.9. The lowest BCUT2D eigenvalue weighted by Gasteiger charge is -2.33. The number of likely N-dealkylation sites (tertiary alicyclic amines) is 1. The number of amides is 1. The molecule has 0 spiro atoms. The van der Waals surface area contributed by atoms with Crippen molar-refractivity contribution in [2.75, 3.05) is 11.9 Å². The molecule has 0 saturated carbocycles. The normalized spacial score (nSPS) is 18.1. The van der Waals surface area contributed by atoms with E-state index in [0.717, 1.165) is 24.9 Å². The molecular formula is C23H24FN3O. The van der Waals surface area contributed by atoms with E-state index in [-0.39, 0.29) is 17.8 Å². The number of carbonyl (C=O) groups is 1. The van der Waals surface area contributed by atoms with Crippen LogP contribution in [0.4, 0.5) is 10.1 Å². The van der Waals surface area contributed by atoms with Crippen LogP contribution in [0.3, 0.4) is 0 Å². The van der Waals surface area contributed by atoms with Crippen molar-refractivity contribution in [2.24, 2.45) is 7.05 Å². The van der Waals surface area contributed by atoms with E-state index in [2.05, 4.69) is 20.9 Å². The number of halogens is 1. The average molecular weight is 377 g/mol. The highest BCUT2D eigenvalue weighted by Gasteiger charge is 2.37. The molecule has 0 radical (unpaired) electrons. The molecule has 2 aromatic carbocycles. The van der Waals surface area contributed by atoms with Gasteiger partial charge < -0.3 is 9.88 Å². The minimum absolute atomic E-state index is 0.0982. The molecule has 5 heteroatoms. The maximum Gasteiger partial charge on any atom is 0.246 e. The molecule has 0 unspecified atom stereocenters. The average Bonchev–Trinajstić information content (AvgIpc) is 3.33. The van der Waals surface area contributed by atoms with E-state index in [1.54, 1.807) is 12.1 Å². The predicted molar refractivity (Wildman–Crippen MR) is 108 cm³/mol. The van der Waals surface area contributed by atoms with Gasteiger partial charge in [0.25, 0.3) is 0 Å². The van der Waals surface area contributed by atoms with E-state index in [9.17, 15) is 9.18 Å². The summed E-state index contributed by atoms with van der Waals surface area (Å²) in [5, 5.41) is 2.97. The molecule has 1 N–H and O–H groups in total. The molecule has 3 aromatic rings. The smallest absolute Gasteiger partial charge is 0.246 e. The van der Waals surface area contributed by atoms with Crippen LogP contribution >= 0.6 is 0 Å². The summed E-state index contributed by atoms with van der Waals surface area (Å²) in [7, 11) is 2.04. The SMILES string of the molecule is Cn1cccc1[C@@H]1CCCN1[C@@H](C(=O)Nc1ccc(F)cc1)c1ccccc1. The number of aromatic nitrogens is 1. The zero-order chi connectivity index (χ0) is 19.5. The second-order valence-electron chi connectivity index (χ2n) is 7.25. The van der Waals surface area contributed by atoms with Crippen molar-refractivity contribution in [1.29, 1.82) is 0 Å². The fourth-order valence-electron chi connectivity index (χ4n) is 4.11. The highest BCUT2D eigenvalue weighted by molar-refractivity contribution is 5.95. The van der Waals surface area contributed by atoms with Gasteiger partial charge in [-0.15, -0.1) is 0 Å². The van der Waals surface area contributed by atoms with Crippen LogP contribution in [0.5, 0.6) is 0 Å². The largest absolute Gasteiger partial charge is 0.353 e. The predicted octanol–water partition coefficient (Wildman–Crippen LogP) is 4.68. The number of benzene rings is 2. The van der Waals surface area contributed by atoms with Gasteiger partial charge in [0.1, 0.15) is 11.9 Å². The summed E-state index contributed by atoms with van der Waals surface area (Å²) in [5.74, 6) is -0.417. The maximum absolute atomic E-state index is 13.3. The first-order valence-corrected chi connectivity index (χ1v) is 9.62. The number of carbonyl (C=O) groups excluding carboxylic acids is 1. The van der Waals surface area contributed by atoms with Crippen LogP contribution in [0.1, 0.15) is 36.2 Å². The Kier molecular flexibility index (Phi) is 5.26. The topological polar surface area (TPSA) is 37.3 Å². The van der Waals surface area contributed by atoms with Crippen LogP contribution in [-0.2, 0) is 11.8 Å². The summed E-state index contributed by atoms with van der Waals surface area (Å²) in [6.07, 6.45) is 4.11. The van der Waals surface area contributed by atoms with Crippen molar-refractivity contribution in [3.63, 3.8) is 0 Å². The first-order chi connectivity index (χ1) is 13.6. The van der Waals surface area contributed by atoms with E-state index < -0.39 is 6.04 Å². The van der Waals surface area contributed by atoms with Crippen LogP contribution < -0.4 is 5.32 Å². The lowest BCUT2D eigenvalue weighted by Crippen LogP contribution is -2.37. The fraction of sp³-hybridized carbons (Fsp3) is 0.261. The van der Waals surface area contributed by atoms with Gasteiger partial charge in [0.05, 0.1) is 6.04 Å². The molecular weight excluding hydrogens is 353 g/mol. The van der Waals surface area contributed by atoms with Crippen LogP contribution in [0.2, 0.25) is 0 Å². The molecule has 4 rings (SSSR count). The molecule has 4 nitrogen and oxygen atoms in total. The quantitative estimate of drug-likeness (QED) is 0.701. The van der Waals surface area contributed by atoms with Crippen molar-refractivity contribution in [3.05, 3.63) is 90.0 Å². The molecule has 28 heavy (non-hydrogen) atoms.